The fourth-order valence-corrected chi connectivity index (χ4v) is 4.57. The number of nitrogens with zero attached hydrogens (tertiary/aromatic N) is 2. The molecule has 1 N–H and O–H groups in total. The molecule has 0 amide bonds. The van der Waals surface area contributed by atoms with Gasteiger partial charge in [0.15, 0.2) is 5.13 Å². The van der Waals surface area contributed by atoms with Gasteiger partial charge in [0.2, 0.25) is 0 Å². The topological polar surface area (TPSA) is 28.2 Å². The van der Waals surface area contributed by atoms with Gasteiger partial charge in [-0.25, -0.2) is 4.98 Å². The van der Waals surface area contributed by atoms with E-state index in [0.717, 1.165) is 26.1 Å². The molecule has 3 nitrogen and oxygen atoms in total. The van der Waals surface area contributed by atoms with E-state index >= 15 is 0 Å². The zero-order chi connectivity index (χ0) is 13.9. The van der Waals surface area contributed by atoms with Gasteiger partial charge in [-0.1, -0.05) is 6.92 Å². The van der Waals surface area contributed by atoms with E-state index in [-0.39, 0.29) is 0 Å². The normalized spacial score (nSPS) is 18.3. The quantitative estimate of drug-likeness (QED) is 0.851. The number of anilines is 1. The van der Waals surface area contributed by atoms with Crippen molar-refractivity contribution in [3.8, 4) is 0 Å². The van der Waals surface area contributed by atoms with Gasteiger partial charge in [-0.15, -0.1) is 22.7 Å². The Labute approximate surface area is 128 Å². The van der Waals surface area contributed by atoms with Crippen LogP contribution in [0.25, 0.3) is 0 Å². The highest BCUT2D eigenvalue weighted by molar-refractivity contribution is 7.13. The predicted molar refractivity (Wildman–Crippen MR) is 87.9 cm³/mol. The average molecular weight is 307 g/mol. The average Bonchev–Trinajstić information content (AvgIpc) is 3.08. The summed E-state index contributed by atoms with van der Waals surface area (Å²) < 4.78 is 0. The first-order valence-corrected chi connectivity index (χ1v) is 9.03. The number of nitrogens with one attached hydrogen (secondary N) is 1. The van der Waals surface area contributed by atoms with E-state index in [1.807, 2.05) is 11.3 Å². The maximum atomic E-state index is 4.80. The van der Waals surface area contributed by atoms with Crippen LogP contribution >= 0.6 is 22.7 Å². The van der Waals surface area contributed by atoms with E-state index in [9.17, 15) is 0 Å². The van der Waals surface area contributed by atoms with E-state index in [0.29, 0.717) is 6.04 Å². The third-order valence-electron chi connectivity index (χ3n) is 3.80. The second kappa shape index (κ2) is 6.24. The van der Waals surface area contributed by atoms with Crippen LogP contribution in [-0.2, 0) is 13.0 Å². The summed E-state index contributed by atoms with van der Waals surface area (Å²) in [6.45, 7) is 7.51. The lowest BCUT2D eigenvalue weighted by atomic mass is 10.0. The van der Waals surface area contributed by atoms with Crippen molar-refractivity contribution in [2.24, 2.45) is 0 Å². The van der Waals surface area contributed by atoms with E-state index < -0.39 is 0 Å². The first-order valence-electron chi connectivity index (χ1n) is 7.27. The molecular formula is C15H21N3S2. The lowest BCUT2D eigenvalue weighted by molar-refractivity contribution is 0.626. The largest absolute Gasteiger partial charge is 0.341 e. The van der Waals surface area contributed by atoms with Crippen LogP contribution in [0.15, 0.2) is 16.8 Å². The number of thiazole rings is 1. The van der Waals surface area contributed by atoms with E-state index in [1.165, 1.54) is 22.8 Å². The molecule has 0 saturated carbocycles. The van der Waals surface area contributed by atoms with E-state index in [1.54, 1.807) is 16.2 Å². The maximum Gasteiger partial charge on any atom is 0.186 e. The molecule has 3 heterocycles. The van der Waals surface area contributed by atoms with Gasteiger partial charge in [-0.2, -0.15) is 0 Å². The summed E-state index contributed by atoms with van der Waals surface area (Å²) in [7, 11) is 0. The molecule has 1 unspecified atom stereocenters. The Hall–Kier alpha value is -0.910. The van der Waals surface area contributed by atoms with Crippen molar-refractivity contribution in [1.29, 1.82) is 0 Å². The van der Waals surface area contributed by atoms with Crippen molar-refractivity contribution in [1.82, 2.24) is 10.3 Å². The smallest absolute Gasteiger partial charge is 0.186 e. The van der Waals surface area contributed by atoms with Crippen molar-refractivity contribution in [3.63, 3.8) is 0 Å². The second-order valence-electron chi connectivity index (χ2n) is 5.22. The lowest BCUT2D eigenvalue weighted by Gasteiger charge is -2.33. The minimum absolute atomic E-state index is 0.451. The summed E-state index contributed by atoms with van der Waals surface area (Å²) in [6, 6.07) is 2.72. The second-order valence-corrected chi connectivity index (χ2v) is 7.05. The molecular weight excluding hydrogens is 286 g/mol. The SMILES string of the molecule is CCCNCc1csc(N2CCc3sccc3C2C)n1. The standard InChI is InChI=1S/C15H21N3S2/c1-3-6-16-9-12-10-20-15(17-12)18-7-4-14-13(11(18)2)5-8-19-14/h5,8,10-11,16H,3-4,6-7,9H2,1-2H3. The van der Waals surface area contributed by atoms with E-state index in [4.69, 9.17) is 4.98 Å². The fourth-order valence-electron chi connectivity index (χ4n) is 2.67. The number of hydrogen-bond acceptors (Lipinski definition) is 5. The Kier molecular flexibility index (Phi) is 4.38. The Balaban J connectivity index is 1.71. The summed E-state index contributed by atoms with van der Waals surface area (Å²) in [6.07, 6.45) is 2.32. The van der Waals surface area contributed by atoms with Crippen LogP contribution in [0.5, 0.6) is 0 Å². The summed E-state index contributed by atoms with van der Waals surface area (Å²) in [5, 5.41) is 8.99. The maximum absolute atomic E-state index is 4.80. The van der Waals surface area contributed by atoms with Crippen molar-refractivity contribution >= 4 is 27.8 Å². The fraction of sp³-hybridized carbons (Fsp3) is 0.533. The third-order valence-corrected chi connectivity index (χ3v) is 5.72. The molecule has 2 aromatic rings. The minimum atomic E-state index is 0.451. The van der Waals surface area contributed by atoms with Crippen molar-refractivity contribution in [2.45, 2.75) is 39.3 Å². The molecule has 0 fully saturated rings. The van der Waals surface area contributed by atoms with Crippen LogP contribution in [-0.4, -0.2) is 18.1 Å². The highest BCUT2D eigenvalue weighted by atomic mass is 32.1. The summed E-state index contributed by atoms with van der Waals surface area (Å²) in [5.41, 5.74) is 2.66. The highest BCUT2D eigenvalue weighted by Crippen LogP contribution is 2.37. The van der Waals surface area contributed by atoms with Gasteiger partial charge < -0.3 is 10.2 Å². The predicted octanol–water partition coefficient (Wildman–Crippen LogP) is 3.83. The van der Waals surface area contributed by atoms with Crippen molar-refractivity contribution in [2.75, 3.05) is 18.0 Å². The van der Waals surface area contributed by atoms with Gasteiger partial charge in [-0.05, 0) is 43.3 Å². The van der Waals surface area contributed by atoms with Crippen LogP contribution in [0.4, 0.5) is 5.13 Å². The zero-order valence-corrected chi connectivity index (χ0v) is 13.7. The first kappa shape index (κ1) is 14.0. The molecule has 1 aliphatic heterocycles. The molecule has 0 spiro atoms. The van der Waals surface area contributed by atoms with Crippen LogP contribution in [0.1, 0.15) is 42.4 Å². The first-order chi connectivity index (χ1) is 9.79. The highest BCUT2D eigenvalue weighted by Gasteiger charge is 2.26. The van der Waals surface area contributed by atoms with Crippen LogP contribution < -0.4 is 10.2 Å². The molecule has 0 aromatic carbocycles. The van der Waals surface area contributed by atoms with Gasteiger partial charge in [0.1, 0.15) is 0 Å². The number of hydrogen-bond donors (Lipinski definition) is 1. The van der Waals surface area contributed by atoms with Crippen LogP contribution in [0.2, 0.25) is 0 Å². The number of fused-ring (bicyclic) bond motifs is 1. The Morgan fingerprint density at radius 2 is 2.35 bits per heavy atom. The Bertz CT molecular complexity index is 561. The molecule has 1 atom stereocenters. The van der Waals surface area contributed by atoms with Crippen molar-refractivity contribution in [3.05, 3.63) is 33.0 Å². The number of thiophene rings is 1. The van der Waals surface area contributed by atoms with E-state index in [2.05, 4.69) is 40.9 Å². The molecule has 20 heavy (non-hydrogen) atoms. The van der Waals surface area contributed by atoms with Gasteiger partial charge in [0.05, 0.1) is 11.7 Å². The monoisotopic (exact) mass is 307 g/mol. The molecule has 2 aromatic heterocycles. The van der Waals surface area contributed by atoms with Crippen molar-refractivity contribution < 1.29 is 0 Å². The molecule has 5 heteroatoms. The van der Waals surface area contributed by atoms with Crippen LogP contribution in [0.3, 0.4) is 0 Å². The molecule has 0 bridgehead atoms. The Morgan fingerprint density at radius 3 is 3.20 bits per heavy atom. The minimum Gasteiger partial charge on any atom is -0.341 e. The zero-order valence-electron chi connectivity index (χ0n) is 12.1. The molecule has 1 aliphatic rings. The van der Waals surface area contributed by atoms with Crippen LogP contribution in [0, 0.1) is 0 Å². The summed E-state index contributed by atoms with van der Waals surface area (Å²) in [4.78, 5) is 8.80. The third kappa shape index (κ3) is 2.75. The summed E-state index contributed by atoms with van der Waals surface area (Å²) in [5.74, 6) is 0. The van der Waals surface area contributed by atoms with Gasteiger partial charge >= 0.3 is 0 Å². The number of aromatic nitrogens is 1. The van der Waals surface area contributed by atoms with Gasteiger partial charge in [0.25, 0.3) is 0 Å². The lowest BCUT2D eigenvalue weighted by Crippen LogP contribution is -2.33. The van der Waals surface area contributed by atoms with Gasteiger partial charge in [0, 0.05) is 23.3 Å². The molecule has 3 rings (SSSR count). The number of rotatable bonds is 5. The molecule has 108 valence electrons. The Morgan fingerprint density at radius 1 is 1.45 bits per heavy atom. The molecule has 0 saturated heterocycles. The molecule has 0 radical (unpaired) electrons. The summed E-state index contributed by atoms with van der Waals surface area (Å²) >= 11 is 3.66. The van der Waals surface area contributed by atoms with Gasteiger partial charge in [-0.3, -0.25) is 0 Å². The molecule has 0 aliphatic carbocycles.